The number of alkyl halides is 9. The highest BCUT2D eigenvalue weighted by molar-refractivity contribution is 6.67. The molecule has 4 saturated carbocycles. The average molecular weight is 692 g/mol. The fourth-order valence-corrected chi connectivity index (χ4v) is 7.50. The summed E-state index contributed by atoms with van der Waals surface area (Å²) in [5.41, 5.74) is -2.03. The van der Waals surface area contributed by atoms with Gasteiger partial charge in [-0.3, -0.25) is 0 Å². The van der Waals surface area contributed by atoms with E-state index in [0.29, 0.717) is 36.9 Å². The zero-order chi connectivity index (χ0) is 26.6. The second-order valence-electron chi connectivity index (χ2n) is 10.1. The van der Waals surface area contributed by atoms with Crippen molar-refractivity contribution < 1.29 is 13.3 Å². The summed E-state index contributed by atoms with van der Waals surface area (Å²) in [6, 6.07) is 0. The molecule has 3 heterocycles. The summed E-state index contributed by atoms with van der Waals surface area (Å²) >= 11 is 54.1. The van der Waals surface area contributed by atoms with E-state index in [1.54, 1.807) is 0 Å². The molecule has 4 fully saturated rings. The number of aromatic nitrogens is 6. The van der Waals surface area contributed by atoms with Gasteiger partial charge < -0.3 is 13.3 Å². The Balaban J connectivity index is 1.50. The Morgan fingerprint density at radius 3 is 0.973 bits per heavy atom. The number of halogens is 9. The highest BCUT2D eigenvalue weighted by atomic mass is 35.6. The van der Waals surface area contributed by atoms with Gasteiger partial charge in [-0.15, -0.1) is 30.6 Å². The van der Waals surface area contributed by atoms with E-state index < -0.39 is 27.6 Å². The maximum Gasteiger partial charge on any atom is 0.268 e. The molecule has 0 atom stereocenters. The maximum atomic E-state index is 6.01. The Morgan fingerprint density at radius 2 is 0.757 bits per heavy atom. The minimum atomic E-state index is -1.89. The van der Waals surface area contributed by atoms with Gasteiger partial charge in [-0.1, -0.05) is 104 Å². The van der Waals surface area contributed by atoms with Crippen LogP contribution in [-0.4, -0.2) is 30.6 Å². The molecule has 0 amide bonds. The van der Waals surface area contributed by atoms with Crippen LogP contribution in [0.5, 0.6) is 0 Å². The van der Waals surface area contributed by atoms with Gasteiger partial charge in [0.15, 0.2) is 0 Å². The van der Waals surface area contributed by atoms with Gasteiger partial charge in [-0.05, 0) is 44.4 Å². The van der Waals surface area contributed by atoms with Crippen molar-refractivity contribution in [3.05, 3.63) is 35.3 Å². The van der Waals surface area contributed by atoms with Crippen LogP contribution in [0.4, 0.5) is 0 Å². The predicted octanol–water partition coefficient (Wildman–Crippen LogP) is 7.43. The van der Waals surface area contributed by atoms with Gasteiger partial charge in [0.25, 0.3) is 29.0 Å². The van der Waals surface area contributed by atoms with E-state index in [1.165, 1.54) is 0 Å². The van der Waals surface area contributed by atoms with E-state index in [1.807, 2.05) is 0 Å². The Hall–Kier alpha value is 0.0300. The van der Waals surface area contributed by atoms with Gasteiger partial charge in [0.05, 0.1) is 16.2 Å². The molecule has 9 nitrogen and oxygen atoms in total. The molecule has 0 unspecified atom stereocenters. The first-order valence-electron chi connectivity index (χ1n) is 10.8. The average Bonchev–Trinajstić information content (AvgIpc) is 3.52. The van der Waals surface area contributed by atoms with E-state index >= 15 is 0 Å². The standard InChI is InChI=1S/C19H13Cl9N6O3/c20-17(21,22)11-32-29-8(35-11)14-1-7-2-15(4-14,9-30-33-12(36-9)18(23,24)25)6-16(3-7,5-14)10-31-34-13(37-10)19(26,27)28/h7H,1-6H2. The molecule has 18 heteroatoms. The third kappa shape index (κ3) is 4.52. The summed E-state index contributed by atoms with van der Waals surface area (Å²) < 4.78 is 12.1. The zero-order valence-corrected chi connectivity index (χ0v) is 24.9. The summed E-state index contributed by atoms with van der Waals surface area (Å²) in [4.78, 5) is 0. The van der Waals surface area contributed by atoms with Crippen molar-refractivity contribution in [2.45, 2.75) is 66.1 Å². The van der Waals surface area contributed by atoms with Crippen molar-refractivity contribution in [1.82, 2.24) is 30.6 Å². The van der Waals surface area contributed by atoms with Crippen LogP contribution in [0, 0.1) is 5.92 Å². The molecule has 0 radical (unpaired) electrons. The molecule has 0 spiro atoms. The number of hydrogen-bond donors (Lipinski definition) is 0. The summed E-state index contributed by atoms with van der Waals surface area (Å²) in [6.45, 7) is 0. The lowest BCUT2D eigenvalue weighted by Crippen LogP contribution is -2.62. The lowest BCUT2D eigenvalue weighted by atomic mass is 9.39. The molecule has 0 aliphatic heterocycles. The van der Waals surface area contributed by atoms with Crippen molar-refractivity contribution >= 4 is 104 Å². The van der Waals surface area contributed by atoms with Crippen molar-refractivity contribution in [3.8, 4) is 0 Å². The molecule has 0 aromatic carbocycles. The molecule has 0 N–H and O–H groups in total. The first-order chi connectivity index (χ1) is 17.0. The molecular weight excluding hydrogens is 679 g/mol. The molecule has 200 valence electrons. The Labute approximate surface area is 254 Å². The second kappa shape index (κ2) is 8.52. The first kappa shape index (κ1) is 27.2. The van der Waals surface area contributed by atoms with Crippen molar-refractivity contribution in [3.63, 3.8) is 0 Å². The molecule has 37 heavy (non-hydrogen) atoms. The quantitative estimate of drug-likeness (QED) is 0.259. The zero-order valence-electron chi connectivity index (χ0n) is 18.1. The van der Waals surface area contributed by atoms with Gasteiger partial charge in [0.1, 0.15) is 0 Å². The summed E-state index contributed by atoms with van der Waals surface area (Å²) in [7, 11) is 0. The van der Waals surface area contributed by atoms with Crippen molar-refractivity contribution in [2.75, 3.05) is 0 Å². The van der Waals surface area contributed by atoms with E-state index in [0.717, 1.165) is 19.3 Å². The molecule has 4 aliphatic carbocycles. The summed E-state index contributed by atoms with van der Waals surface area (Å²) in [5, 5.41) is 24.8. The Kier molecular flexibility index (Phi) is 6.27. The predicted molar refractivity (Wildman–Crippen MR) is 137 cm³/mol. The van der Waals surface area contributed by atoms with Crippen molar-refractivity contribution in [1.29, 1.82) is 0 Å². The van der Waals surface area contributed by atoms with Crippen LogP contribution in [0.3, 0.4) is 0 Å². The monoisotopic (exact) mass is 688 g/mol. The molecular formula is C19H13Cl9N6O3. The SMILES string of the molecule is ClC(Cl)(Cl)c1nnc(C23CC4CC(c5nnc(C(Cl)(Cl)Cl)o5)(C2)CC(c2nnc(C(Cl)(Cl)Cl)o2)(C4)C3)o1. The third-order valence-electron chi connectivity index (χ3n) is 7.43. The normalized spacial score (nSPS) is 31.9. The maximum absolute atomic E-state index is 6.01. The summed E-state index contributed by atoms with van der Waals surface area (Å²) in [6.07, 6.45) is 3.67. The van der Waals surface area contributed by atoms with Crippen LogP contribution in [0.15, 0.2) is 13.3 Å². The fraction of sp³-hybridized carbons (Fsp3) is 0.684. The topological polar surface area (TPSA) is 117 Å². The van der Waals surface area contributed by atoms with E-state index in [-0.39, 0.29) is 23.6 Å². The van der Waals surface area contributed by atoms with E-state index in [4.69, 9.17) is 118 Å². The number of nitrogens with zero attached hydrogens (tertiary/aromatic N) is 6. The van der Waals surface area contributed by atoms with Gasteiger partial charge in [0, 0.05) is 0 Å². The largest absolute Gasteiger partial charge is 0.420 e. The minimum Gasteiger partial charge on any atom is -0.420 e. The Morgan fingerprint density at radius 1 is 0.486 bits per heavy atom. The van der Waals surface area contributed by atoms with E-state index in [9.17, 15) is 0 Å². The fourth-order valence-electron chi connectivity index (χ4n) is 6.81. The van der Waals surface area contributed by atoms with Crippen molar-refractivity contribution in [2.24, 2.45) is 5.92 Å². The third-order valence-corrected chi connectivity index (χ3v) is 8.89. The smallest absolute Gasteiger partial charge is 0.268 e. The highest BCUT2D eigenvalue weighted by Crippen LogP contribution is 2.70. The van der Waals surface area contributed by atoms with Crippen LogP contribution >= 0.6 is 104 Å². The lowest BCUT2D eigenvalue weighted by Gasteiger charge is -2.63. The van der Waals surface area contributed by atoms with E-state index in [2.05, 4.69) is 30.6 Å². The number of hydrogen-bond acceptors (Lipinski definition) is 9. The molecule has 7 rings (SSSR count). The molecule has 0 saturated heterocycles. The van der Waals surface area contributed by atoms with Crippen LogP contribution in [0.25, 0.3) is 0 Å². The Bertz CT molecular complexity index is 1190. The van der Waals surface area contributed by atoms with Crippen LogP contribution in [-0.2, 0) is 27.6 Å². The van der Waals surface area contributed by atoms with Crippen LogP contribution in [0.2, 0.25) is 0 Å². The second-order valence-corrected chi connectivity index (χ2v) is 16.9. The van der Waals surface area contributed by atoms with Crippen LogP contribution < -0.4 is 0 Å². The van der Waals surface area contributed by atoms with Crippen LogP contribution in [0.1, 0.15) is 73.9 Å². The molecule has 4 aliphatic rings. The molecule has 3 aromatic rings. The van der Waals surface area contributed by atoms with Gasteiger partial charge in [-0.2, -0.15) is 0 Å². The summed E-state index contributed by atoms with van der Waals surface area (Å²) in [5.74, 6) is 0.652. The van der Waals surface area contributed by atoms with Gasteiger partial charge in [-0.25, -0.2) is 0 Å². The minimum absolute atomic E-state index is 0.130. The number of rotatable bonds is 3. The van der Waals surface area contributed by atoms with Gasteiger partial charge >= 0.3 is 0 Å². The first-order valence-corrected chi connectivity index (χ1v) is 14.2. The highest BCUT2D eigenvalue weighted by Gasteiger charge is 2.69. The molecule has 3 aromatic heterocycles. The molecule has 4 bridgehead atoms. The van der Waals surface area contributed by atoms with Gasteiger partial charge in [0.2, 0.25) is 17.7 Å². The lowest BCUT2D eigenvalue weighted by molar-refractivity contribution is -0.0780.